The summed E-state index contributed by atoms with van der Waals surface area (Å²) in [5, 5.41) is 8.44. The van der Waals surface area contributed by atoms with Gasteiger partial charge in [-0.3, -0.25) is 0 Å². The molecule has 2 N–H and O–H groups in total. The van der Waals surface area contributed by atoms with Gasteiger partial charge in [0.15, 0.2) is 0 Å². The summed E-state index contributed by atoms with van der Waals surface area (Å²) >= 11 is 0. The van der Waals surface area contributed by atoms with E-state index in [9.17, 15) is 4.39 Å². The van der Waals surface area contributed by atoms with Crippen molar-refractivity contribution in [1.82, 2.24) is 4.98 Å². The Morgan fingerprint density at radius 1 is 1.73 bits per heavy atom. The number of nitrogen functional groups attached to an aromatic ring is 1. The Balaban J connectivity index is 3.35. The van der Waals surface area contributed by atoms with Crippen LogP contribution in [-0.4, -0.2) is 4.98 Å². The molecule has 1 aromatic heterocycles. The van der Waals surface area contributed by atoms with E-state index in [4.69, 9.17) is 11.0 Å². The predicted molar refractivity (Wildman–Crippen MR) is 38.1 cm³/mol. The molecule has 0 bridgehead atoms. The zero-order valence-electron chi connectivity index (χ0n) is 5.93. The Morgan fingerprint density at radius 3 is 2.91 bits per heavy atom. The maximum Gasteiger partial charge on any atom is 0.217 e. The van der Waals surface area contributed by atoms with Gasteiger partial charge in [-0.05, 0) is 13.0 Å². The average Bonchev–Trinajstić information content (AvgIpc) is 1.97. The van der Waals surface area contributed by atoms with Gasteiger partial charge in [-0.2, -0.15) is 9.65 Å². The highest BCUT2D eigenvalue weighted by molar-refractivity contribution is 5.49. The molecular formula is C7H6FN3. The van der Waals surface area contributed by atoms with Gasteiger partial charge in [0.25, 0.3) is 0 Å². The highest BCUT2D eigenvalue weighted by Crippen LogP contribution is 2.11. The summed E-state index contributed by atoms with van der Waals surface area (Å²) < 4.78 is 12.6. The zero-order valence-corrected chi connectivity index (χ0v) is 5.93. The smallest absolute Gasteiger partial charge is 0.217 e. The van der Waals surface area contributed by atoms with Gasteiger partial charge in [-0.15, -0.1) is 0 Å². The van der Waals surface area contributed by atoms with Crippen molar-refractivity contribution in [2.75, 3.05) is 5.73 Å². The van der Waals surface area contributed by atoms with Crippen LogP contribution in [0.25, 0.3) is 0 Å². The molecule has 0 unspecified atom stereocenters. The SMILES string of the molecule is Cc1cc(C#N)c(N)nc1F. The average molecular weight is 151 g/mol. The Bertz CT molecular complexity index is 327. The van der Waals surface area contributed by atoms with Crippen LogP contribution in [0, 0.1) is 24.2 Å². The van der Waals surface area contributed by atoms with Crippen LogP contribution in [0.2, 0.25) is 0 Å². The topological polar surface area (TPSA) is 62.7 Å². The van der Waals surface area contributed by atoms with Gasteiger partial charge in [0.1, 0.15) is 11.9 Å². The van der Waals surface area contributed by atoms with Crippen LogP contribution in [0.5, 0.6) is 0 Å². The highest BCUT2D eigenvalue weighted by atomic mass is 19.1. The quantitative estimate of drug-likeness (QED) is 0.562. The number of nitrogens with zero attached hydrogens (tertiary/aromatic N) is 2. The summed E-state index contributed by atoms with van der Waals surface area (Å²) in [6.45, 7) is 1.53. The van der Waals surface area contributed by atoms with Gasteiger partial charge in [-0.25, -0.2) is 4.98 Å². The van der Waals surface area contributed by atoms with E-state index in [1.165, 1.54) is 13.0 Å². The van der Waals surface area contributed by atoms with Crippen LogP contribution >= 0.6 is 0 Å². The number of nitriles is 1. The van der Waals surface area contributed by atoms with Crippen LogP contribution in [0.4, 0.5) is 10.2 Å². The molecule has 1 heterocycles. The first kappa shape index (κ1) is 7.48. The van der Waals surface area contributed by atoms with Crippen molar-refractivity contribution in [1.29, 1.82) is 5.26 Å². The Hall–Kier alpha value is -1.63. The van der Waals surface area contributed by atoms with E-state index < -0.39 is 5.95 Å². The lowest BCUT2D eigenvalue weighted by Gasteiger charge is -1.98. The van der Waals surface area contributed by atoms with E-state index in [1.807, 2.05) is 6.07 Å². The third-order valence-electron chi connectivity index (χ3n) is 1.30. The Morgan fingerprint density at radius 2 is 2.36 bits per heavy atom. The maximum absolute atomic E-state index is 12.6. The summed E-state index contributed by atoms with van der Waals surface area (Å²) in [5.74, 6) is -0.683. The lowest BCUT2D eigenvalue weighted by Crippen LogP contribution is -1.99. The van der Waals surface area contributed by atoms with Gasteiger partial charge in [0, 0.05) is 5.56 Å². The van der Waals surface area contributed by atoms with Crippen LogP contribution in [0.15, 0.2) is 6.07 Å². The number of aromatic nitrogens is 1. The molecule has 0 aliphatic heterocycles. The van der Waals surface area contributed by atoms with Crippen molar-refractivity contribution in [3.05, 3.63) is 23.1 Å². The zero-order chi connectivity index (χ0) is 8.43. The third-order valence-corrected chi connectivity index (χ3v) is 1.30. The fourth-order valence-corrected chi connectivity index (χ4v) is 0.694. The van der Waals surface area contributed by atoms with Crippen LogP contribution in [0.1, 0.15) is 11.1 Å². The van der Waals surface area contributed by atoms with Crippen molar-refractivity contribution in [3.63, 3.8) is 0 Å². The lowest BCUT2D eigenvalue weighted by atomic mass is 10.2. The van der Waals surface area contributed by atoms with E-state index in [2.05, 4.69) is 4.98 Å². The van der Waals surface area contributed by atoms with Crippen molar-refractivity contribution in [3.8, 4) is 6.07 Å². The lowest BCUT2D eigenvalue weighted by molar-refractivity contribution is 0.576. The Labute approximate surface area is 63.3 Å². The first-order valence-electron chi connectivity index (χ1n) is 2.98. The molecule has 0 spiro atoms. The molecule has 4 heteroatoms. The molecular weight excluding hydrogens is 145 g/mol. The number of aryl methyl sites for hydroxylation is 1. The molecule has 1 rings (SSSR count). The monoisotopic (exact) mass is 151 g/mol. The second-order valence-electron chi connectivity index (χ2n) is 2.14. The molecule has 0 radical (unpaired) electrons. The van der Waals surface area contributed by atoms with Gasteiger partial charge < -0.3 is 5.73 Å². The minimum absolute atomic E-state index is 0.0596. The van der Waals surface area contributed by atoms with E-state index in [0.717, 1.165) is 0 Å². The molecule has 0 amide bonds. The van der Waals surface area contributed by atoms with Crippen molar-refractivity contribution in [2.45, 2.75) is 6.92 Å². The fraction of sp³-hybridized carbons (Fsp3) is 0.143. The van der Waals surface area contributed by atoms with Gasteiger partial charge in [0.2, 0.25) is 5.95 Å². The molecule has 0 saturated heterocycles. The third kappa shape index (κ3) is 1.27. The van der Waals surface area contributed by atoms with Crippen molar-refractivity contribution < 1.29 is 4.39 Å². The minimum Gasteiger partial charge on any atom is -0.383 e. The summed E-state index contributed by atoms with van der Waals surface area (Å²) in [6, 6.07) is 3.18. The second kappa shape index (κ2) is 2.54. The molecule has 11 heavy (non-hydrogen) atoms. The summed E-state index contributed by atoms with van der Waals surface area (Å²) in [5.41, 5.74) is 5.77. The molecule has 3 nitrogen and oxygen atoms in total. The van der Waals surface area contributed by atoms with Crippen LogP contribution < -0.4 is 5.73 Å². The number of halogens is 1. The van der Waals surface area contributed by atoms with Gasteiger partial charge >= 0.3 is 0 Å². The fourth-order valence-electron chi connectivity index (χ4n) is 0.694. The van der Waals surface area contributed by atoms with Crippen LogP contribution in [0.3, 0.4) is 0 Å². The first-order chi connectivity index (χ1) is 5.15. The molecule has 56 valence electrons. The van der Waals surface area contributed by atoms with Crippen LogP contribution in [-0.2, 0) is 0 Å². The number of pyridine rings is 1. The number of hydrogen-bond donors (Lipinski definition) is 1. The molecule has 0 aromatic carbocycles. The molecule has 0 atom stereocenters. The molecule has 1 aromatic rings. The molecule has 0 fully saturated rings. The molecule has 0 saturated carbocycles. The molecule has 0 aliphatic carbocycles. The summed E-state index contributed by atoms with van der Waals surface area (Å²) in [4.78, 5) is 3.33. The minimum atomic E-state index is -0.624. The van der Waals surface area contributed by atoms with Crippen molar-refractivity contribution >= 4 is 5.82 Å². The standard InChI is InChI=1S/C7H6FN3/c1-4-2-5(3-9)7(10)11-6(4)8/h2H,1H3,(H2,10,11). The normalized spacial score (nSPS) is 9.18. The van der Waals surface area contributed by atoms with E-state index in [-0.39, 0.29) is 11.4 Å². The number of nitrogens with two attached hydrogens (primary N) is 1. The van der Waals surface area contributed by atoms with E-state index in [0.29, 0.717) is 5.56 Å². The highest BCUT2D eigenvalue weighted by Gasteiger charge is 2.04. The van der Waals surface area contributed by atoms with Gasteiger partial charge in [0.05, 0.1) is 5.56 Å². The summed E-state index contributed by atoms with van der Waals surface area (Å²) in [7, 11) is 0. The number of rotatable bonds is 0. The van der Waals surface area contributed by atoms with Gasteiger partial charge in [-0.1, -0.05) is 0 Å². The Kier molecular flexibility index (Phi) is 1.73. The first-order valence-corrected chi connectivity index (χ1v) is 2.98. The molecule has 0 aliphatic rings. The number of hydrogen-bond acceptors (Lipinski definition) is 3. The van der Waals surface area contributed by atoms with E-state index >= 15 is 0 Å². The number of anilines is 1. The largest absolute Gasteiger partial charge is 0.383 e. The summed E-state index contributed by atoms with van der Waals surface area (Å²) in [6.07, 6.45) is 0. The van der Waals surface area contributed by atoms with E-state index in [1.54, 1.807) is 0 Å². The predicted octanol–water partition coefficient (Wildman–Crippen LogP) is 0.983. The van der Waals surface area contributed by atoms with Crippen molar-refractivity contribution in [2.24, 2.45) is 0 Å². The maximum atomic E-state index is 12.6. The second-order valence-corrected chi connectivity index (χ2v) is 2.14.